The van der Waals surface area contributed by atoms with Gasteiger partial charge in [-0.3, -0.25) is 4.79 Å². The maximum Gasteiger partial charge on any atom is 0.224 e. The van der Waals surface area contributed by atoms with Crippen LogP contribution in [-0.4, -0.2) is 22.1 Å². The number of nitrogens with two attached hydrogens (primary N) is 1. The predicted octanol–water partition coefficient (Wildman–Crippen LogP) is 2.69. The Bertz CT molecular complexity index is 664. The molecule has 0 aliphatic heterocycles. The number of benzene rings is 1. The van der Waals surface area contributed by atoms with E-state index in [0.29, 0.717) is 19.0 Å². The molecule has 1 heterocycles. The second-order valence-electron chi connectivity index (χ2n) is 5.55. The summed E-state index contributed by atoms with van der Waals surface area (Å²) in [5, 5.41) is 0. The van der Waals surface area contributed by atoms with Crippen molar-refractivity contribution < 1.29 is 9.53 Å². The summed E-state index contributed by atoms with van der Waals surface area (Å²) in [5.41, 5.74) is 6.44. The first-order chi connectivity index (χ1) is 9.90. The molecular weight excluding hydrogens is 290 g/mol. The number of carbonyl (C=O) groups is 1. The molecule has 0 aliphatic carbocycles. The zero-order valence-electron chi connectivity index (χ0n) is 12.5. The third-order valence-corrected chi connectivity index (χ3v) is 3.70. The number of carbonyl (C=O) groups excluding carboxylic acids is 1. The van der Waals surface area contributed by atoms with E-state index >= 15 is 0 Å². The van der Waals surface area contributed by atoms with E-state index in [0.717, 1.165) is 16.8 Å². The summed E-state index contributed by atoms with van der Waals surface area (Å²) in [6.07, 6.45) is 0. The normalized spacial score (nSPS) is 11.8. The number of aromatic nitrogens is 2. The Morgan fingerprint density at radius 1 is 1.48 bits per heavy atom. The predicted molar refractivity (Wildman–Crippen MR) is 83.4 cm³/mol. The highest BCUT2D eigenvalue weighted by molar-refractivity contribution is 6.16. The van der Waals surface area contributed by atoms with Crippen molar-refractivity contribution in [3.05, 3.63) is 24.0 Å². The Hall–Kier alpha value is -1.75. The fourth-order valence-corrected chi connectivity index (χ4v) is 2.40. The number of hydrogen-bond donors (Lipinski definition) is 1. The third-order valence-electron chi connectivity index (χ3n) is 3.46. The van der Waals surface area contributed by atoms with Crippen LogP contribution >= 0.6 is 11.6 Å². The van der Waals surface area contributed by atoms with Crippen molar-refractivity contribution in [1.29, 1.82) is 0 Å². The van der Waals surface area contributed by atoms with E-state index < -0.39 is 5.41 Å². The van der Waals surface area contributed by atoms with Crippen molar-refractivity contribution in [3.63, 3.8) is 0 Å². The van der Waals surface area contributed by atoms with Gasteiger partial charge in [0.15, 0.2) is 0 Å². The van der Waals surface area contributed by atoms with Gasteiger partial charge in [-0.05, 0) is 32.9 Å². The van der Waals surface area contributed by atoms with Gasteiger partial charge in [-0.25, -0.2) is 4.98 Å². The molecule has 0 fully saturated rings. The minimum Gasteiger partial charge on any atom is -0.492 e. The molecule has 1 aromatic carbocycles. The number of imidazole rings is 1. The van der Waals surface area contributed by atoms with Gasteiger partial charge in [-0.15, -0.1) is 11.6 Å². The number of rotatable bonds is 6. The molecular formula is C15H20ClN3O2. The Morgan fingerprint density at radius 2 is 2.19 bits per heavy atom. The molecule has 6 heteroatoms. The van der Waals surface area contributed by atoms with Gasteiger partial charge in [-0.1, -0.05) is 6.07 Å². The van der Waals surface area contributed by atoms with Gasteiger partial charge in [0.25, 0.3) is 0 Å². The number of primary amides is 1. The summed E-state index contributed by atoms with van der Waals surface area (Å²) in [6.45, 7) is 6.54. The molecule has 0 spiro atoms. The van der Waals surface area contributed by atoms with Gasteiger partial charge in [0.2, 0.25) is 5.91 Å². The molecule has 21 heavy (non-hydrogen) atoms. The van der Waals surface area contributed by atoms with E-state index in [2.05, 4.69) is 4.98 Å². The van der Waals surface area contributed by atoms with Gasteiger partial charge in [-0.2, -0.15) is 0 Å². The van der Waals surface area contributed by atoms with Crippen LogP contribution in [0.5, 0.6) is 5.75 Å². The molecule has 2 rings (SSSR count). The zero-order chi connectivity index (χ0) is 15.6. The third kappa shape index (κ3) is 2.97. The summed E-state index contributed by atoms with van der Waals surface area (Å²) in [5.74, 6) is 1.32. The fourth-order valence-electron chi connectivity index (χ4n) is 2.19. The molecule has 2 aromatic rings. The van der Waals surface area contributed by atoms with E-state index in [-0.39, 0.29) is 11.8 Å². The number of para-hydroxylation sites is 1. The lowest BCUT2D eigenvalue weighted by Crippen LogP contribution is -2.35. The summed E-state index contributed by atoms with van der Waals surface area (Å²) in [7, 11) is 0. The Morgan fingerprint density at radius 3 is 2.76 bits per heavy atom. The molecule has 114 valence electrons. The summed E-state index contributed by atoms with van der Waals surface area (Å²) in [4.78, 5) is 16.1. The molecule has 0 atom stereocenters. The Kier molecular flexibility index (Phi) is 4.42. The summed E-state index contributed by atoms with van der Waals surface area (Å²) in [6, 6.07) is 5.72. The lowest BCUT2D eigenvalue weighted by atomic mass is 9.92. The number of halogens is 1. The van der Waals surface area contributed by atoms with Crippen LogP contribution in [0.3, 0.4) is 0 Å². The number of alkyl halides is 1. The largest absolute Gasteiger partial charge is 0.492 e. The van der Waals surface area contributed by atoms with Crippen molar-refractivity contribution in [2.45, 2.75) is 33.2 Å². The van der Waals surface area contributed by atoms with Gasteiger partial charge >= 0.3 is 0 Å². The van der Waals surface area contributed by atoms with Crippen LogP contribution in [0.2, 0.25) is 0 Å². The van der Waals surface area contributed by atoms with Crippen LogP contribution in [0.25, 0.3) is 11.0 Å². The maximum absolute atomic E-state index is 11.6. The second kappa shape index (κ2) is 5.93. The van der Waals surface area contributed by atoms with Gasteiger partial charge < -0.3 is 15.0 Å². The van der Waals surface area contributed by atoms with Crippen molar-refractivity contribution >= 4 is 28.5 Å². The van der Waals surface area contributed by atoms with Crippen molar-refractivity contribution in [3.8, 4) is 5.75 Å². The molecule has 5 nitrogen and oxygen atoms in total. The molecule has 2 N–H and O–H groups in total. The Balaban J connectivity index is 2.57. The average molecular weight is 310 g/mol. The second-order valence-corrected chi connectivity index (χ2v) is 5.82. The van der Waals surface area contributed by atoms with Crippen molar-refractivity contribution in [1.82, 2.24) is 9.55 Å². The highest BCUT2D eigenvalue weighted by Crippen LogP contribution is 2.29. The van der Waals surface area contributed by atoms with Crippen LogP contribution in [-0.2, 0) is 17.2 Å². The first-order valence-electron chi connectivity index (χ1n) is 6.87. The summed E-state index contributed by atoms with van der Waals surface area (Å²) >= 11 is 6.00. The standard InChI is InChI=1S/C15H20ClN3O2/c1-4-21-11-7-5-6-10-13(11)18-12(8-16)19(10)9-15(2,3)14(17)20/h5-7H,4,8-9H2,1-3H3,(H2,17,20). The first-order valence-corrected chi connectivity index (χ1v) is 7.41. The first kappa shape index (κ1) is 15.6. The molecule has 0 aliphatic rings. The number of fused-ring (bicyclic) bond motifs is 1. The number of amides is 1. The topological polar surface area (TPSA) is 70.1 Å². The zero-order valence-corrected chi connectivity index (χ0v) is 13.3. The maximum atomic E-state index is 11.6. The van der Waals surface area contributed by atoms with Crippen LogP contribution in [0.4, 0.5) is 0 Å². The molecule has 0 unspecified atom stereocenters. The number of nitrogens with zero attached hydrogens (tertiary/aromatic N) is 2. The van der Waals surface area contributed by atoms with Gasteiger partial charge in [0.05, 0.1) is 23.4 Å². The molecule has 1 aromatic heterocycles. The summed E-state index contributed by atoms with van der Waals surface area (Å²) < 4.78 is 7.54. The fraction of sp³-hybridized carbons (Fsp3) is 0.467. The van der Waals surface area contributed by atoms with Crippen LogP contribution < -0.4 is 10.5 Å². The highest BCUT2D eigenvalue weighted by atomic mass is 35.5. The van der Waals surface area contributed by atoms with E-state index in [4.69, 9.17) is 22.1 Å². The molecule has 0 radical (unpaired) electrons. The van der Waals surface area contributed by atoms with E-state index in [1.165, 1.54) is 0 Å². The average Bonchev–Trinajstić information content (AvgIpc) is 2.78. The lowest BCUT2D eigenvalue weighted by molar-refractivity contribution is -0.126. The smallest absolute Gasteiger partial charge is 0.224 e. The van der Waals surface area contributed by atoms with Gasteiger partial charge in [0, 0.05) is 6.54 Å². The lowest BCUT2D eigenvalue weighted by Gasteiger charge is -2.22. The quantitative estimate of drug-likeness (QED) is 0.834. The van der Waals surface area contributed by atoms with E-state index in [1.54, 1.807) is 0 Å². The van der Waals surface area contributed by atoms with Crippen LogP contribution in [0.1, 0.15) is 26.6 Å². The number of ether oxygens (including phenoxy) is 1. The molecule has 0 saturated heterocycles. The van der Waals surface area contributed by atoms with Crippen molar-refractivity contribution in [2.75, 3.05) is 6.61 Å². The molecule has 0 bridgehead atoms. The number of hydrogen-bond acceptors (Lipinski definition) is 3. The van der Waals surface area contributed by atoms with Crippen molar-refractivity contribution in [2.24, 2.45) is 11.1 Å². The molecule has 0 saturated carbocycles. The SMILES string of the molecule is CCOc1cccc2c1nc(CCl)n2CC(C)(C)C(N)=O. The van der Waals surface area contributed by atoms with Crippen LogP contribution in [0, 0.1) is 5.41 Å². The van der Waals surface area contributed by atoms with E-state index in [1.807, 2.05) is 43.5 Å². The van der Waals surface area contributed by atoms with Crippen LogP contribution in [0.15, 0.2) is 18.2 Å². The minimum absolute atomic E-state index is 0.259. The molecule has 1 amide bonds. The minimum atomic E-state index is -0.684. The van der Waals surface area contributed by atoms with E-state index in [9.17, 15) is 4.79 Å². The van der Waals surface area contributed by atoms with Gasteiger partial charge in [0.1, 0.15) is 17.1 Å². The Labute approximate surface area is 129 Å². The highest BCUT2D eigenvalue weighted by Gasteiger charge is 2.28. The monoisotopic (exact) mass is 309 g/mol.